The molecule has 0 N–H and O–H groups in total. The van der Waals surface area contributed by atoms with E-state index in [-0.39, 0.29) is 30.4 Å². The Balaban J connectivity index is 2.10. The van der Waals surface area contributed by atoms with Crippen LogP contribution in [0.25, 0.3) is 5.53 Å². The number of fused-ring (bicyclic) bond motifs is 1. The lowest BCUT2D eigenvalue weighted by atomic mass is 9.80. The molecule has 0 fully saturated rings. The molecule has 1 atom stereocenters. The highest BCUT2D eigenvalue weighted by Crippen LogP contribution is 2.27. The summed E-state index contributed by atoms with van der Waals surface area (Å²) in [7, 11) is 0. The smallest absolute Gasteiger partial charge is 0.417 e. The van der Waals surface area contributed by atoms with E-state index in [1.807, 2.05) is 18.2 Å². The number of hydrogen-bond acceptors (Lipinski definition) is 3. The fraction of sp³-hybridized carbons (Fsp3) is 0.312. The fourth-order valence-corrected chi connectivity index (χ4v) is 2.47. The second kappa shape index (κ2) is 6.77. The number of benzene rings is 1. The molecule has 5 nitrogen and oxygen atoms in total. The van der Waals surface area contributed by atoms with Gasteiger partial charge in [-0.1, -0.05) is 36.9 Å². The monoisotopic (exact) mass is 284 g/mol. The molecule has 1 unspecified atom stereocenters. The topological polar surface area (TPSA) is 79.8 Å². The van der Waals surface area contributed by atoms with E-state index in [1.54, 1.807) is 6.07 Å². The van der Waals surface area contributed by atoms with Crippen LogP contribution in [-0.2, 0) is 16.0 Å². The zero-order chi connectivity index (χ0) is 15.2. The number of aryl methyl sites for hydroxylation is 1. The predicted molar refractivity (Wildman–Crippen MR) is 77.0 cm³/mol. The largest absolute Gasteiger partial charge is 0.453 e. The van der Waals surface area contributed by atoms with Gasteiger partial charge in [0.1, 0.15) is 6.61 Å². The third-order valence-corrected chi connectivity index (χ3v) is 3.54. The van der Waals surface area contributed by atoms with Gasteiger partial charge in [0.2, 0.25) is 0 Å². The molecule has 0 aromatic heterocycles. The summed E-state index contributed by atoms with van der Waals surface area (Å²) < 4.78 is 4.83. The Morgan fingerprint density at radius 1 is 1.48 bits per heavy atom. The molecule has 108 valence electrons. The highest BCUT2D eigenvalue weighted by atomic mass is 16.5. The van der Waals surface area contributed by atoms with Crippen molar-refractivity contribution in [1.82, 2.24) is 0 Å². The molecule has 0 amide bonds. The van der Waals surface area contributed by atoms with Crippen molar-refractivity contribution in [2.45, 2.75) is 19.3 Å². The van der Waals surface area contributed by atoms with Crippen molar-refractivity contribution in [2.24, 2.45) is 5.92 Å². The summed E-state index contributed by atoms with van der Waals surface area (Å²) in [6.07, 6.45) is 2.91. The molecular weight excluding hydrogens is 268 g/mol. The van der Waals surface area contributed by atoms with Crippen molar-refractivity contribution >= 4 is 17.5 Å². The lowest BCUT2D eigenvalue weighted by Crippen LogP contribution is -2.29. The number of carbonyl (C=O) groups is 2. The zero-order valence-corrected chi connectivity index (χ0v) is 11.6. The quantitative estimate of drug-likeness (QED) is 0.273. The van der Waals surface area contributed by atoms with Crippen molar-refractivity contribution in [3.8, 4) is 0 Å². The molecule has 0 heterocycles. The van der Waals surface area contributed by atoms with Crippen LogP contribution in [0.1, 0.15) is 28.8 Å². The van der Waals surface area contributed by atoms with Crippen molar-refractivity contribution in [2.75, 3.05) is 6.61 Å². The van der Waals surface area contributed by atoms with Crippen LogP contribution in [0.3, 0.4) is 0 Å². The second-order valence-electron chi connectivity index (χ2n) is 4.89. The average Bonchev–Trinajstić information content (AvgIpc) is 2.52. The van der Waals surface area contributed by atoms with Gasteiger partial charge < -0.3 is 10.3 Å². The summed E-state index contributed by atoms with van der Waals surface area (Å²) in [5.41, 5.74) is 10.5. The van der Waals surface area contributed by atoms with E-state index < -0.39 is 5.97 Å². The van der Waals surface area contributed by atoms with Crippen LogP contribution < -0.4 is 0 Å². The van der Waals surface area contributed by atoms with Crippen molar-refractivity contribution in [3.05, 3.63) is 53.6 Å². The fourth-order valence-electron chi connectivity index (χ4n) is 2.47. The van der Waals surface area contributed by atoms with Gasteiger partial charge in [-0.2, -0.15) is 4.79 Å². The molecule has 0 saturated heterocycles. The maximum atomic E-state index is 12.4. The van der Waals surface area contributed by atoms with E-state index >= 15 is 0 Å². The third kappa shape index (κ3) is 3.33. The molecule has 5 heteroatoms. The number of nitrogens with zero attached hydrogens (tertiary/aromatic N) is 2. The van der Waals surface area contributed by atoms with Crippen LogP contribution in [0.2, 0.25) is 0 Å². The van der Waals surface area contributed by atoms with Gasteiger partial charge in [0.25, 0.3) is 0 Å². The number of Topliss-reactive ketones (excluding diaryl/α,β-unsaturated/α-hetero) is 1. The van der Waals surface area contributed by atoms with E-state index in [0.717, 1.165) is 12.0 Å². The first-order valence-corrected chi connectivity index (χ1v) is 6.78. The van der Waals surface area contributed by atoms with Gasteiger partial charge in [-0.05, 0) is 18.4 Å². The maximum Gasteiger partial charge on any atom is 0.417 e. The first kappa shape index (κ1) is 14.9. The summed E-state index contributed by atoms with van der Waals surface area (Å²) in [5.74, 6) is -1.10. The lowest BCUT2D eigenvalue weighted by molar-refractivity contribution is -0.139. The summed E-state index contributed by atoms with van der Waals surface area (Å²) >= 11 is 0. The molecule has 21 heavy (non-hydrogen) atoms. The standard InChI is InChI=1S/C16H16N2O3/c1-2-9-21-16(20)14(18-17)10-12-8-7-11-5-3-4-6-13(11)15(12)19/h2-6,12H,1,7-10H2. The molecule has 2 rings (SSSR count). The Labute approximate surface area is 122 Å². The Morgan fingerprint density at radius 2 is 2.24 bits per heavy atom. The molecular formula is C16H16N2O3. The molecule has 1 aromatic carbocycles. The van der Waals surface area contributed by atoms with Gasteiger partial charge >= 0.3 is 11.7 Å². The van der Waals surface area contributed by atoms with E-state index in [9.17, 15) is 9.59 Å². The molecule has 1 aliphatic carbocycles. The van der Waals surface area contributed by atoms with Crippen LogP contribution in [0.15, 0.2) is 36.9 Å². The van der Waals surface area contributed by atoms with E-state index in [2.05, 4.69) is 11.4 Å². The molecule has 0 spiro atoms. The highest BCUT2D eigenvalue weighted by Gasteiger charge is 2.33. The Kier molecular flexibility index (Phi) is 4.80. The summed E-state index contributed by atoms with van der Waals surface area (Å²) in [4.78, 5) is 27.1. The van der Waals surface area contributed by atoms with Crippen molar-refractivity contribution < 1.29 is 19.1 Å². The first-order valence-electron chi connectivity index (χ1n) is 6.78. The summed E-state index contributed by atoms with van der Waals surface area (Å²) in [6.45, 7) is 3.48. The highest BCUT2D eigenvalue weighted by molar-refractivity contribution is 6.34. The number of hydrogen-bond donors (Lipinski definition) is 0. The first-order chi connectivity index (χ1) is 10.2. The predicted octanol–water partition coefficient (Wildman–Crippen LogP) is 2.22. The number of rotatable bonds is 5. The number of esters is 1. The minimum atomic E-state index is -0.718. The lowest BCUT2D eigenvalue weighted by Gasteiger charge is -2.21. The van der Waals surface area contributed by atoms with Gasteiger partial charge in [-0.15, -0.1) is 0 Å². The average molecular weight is 284 g/mol. The summed E-state index contributed by atoms with van der Waals surface area (Å²) in [6, 6.07) is 7.44. The van der Waals surface area contributed by atoms with Gasteiger partial charge in [0.05, 0.1) is 6.42 Å². The third-order valence-electron chi connectivity index (χ3n) is 3.54. The van der Waals surface area contributed by atoms with Crippen LogP contribution in [0, 0.1) is 5.92 Å². The Morgan fingerprint density at radius 3 is 2.95 bits per heavy atom. The van der Waals surface area contributed by atoms with E-state index in [0.29, 0.717) is 12.0 Å². The van der Waals surface area contributed by atoms with Gasteiger partial charge in [-0.3, -0.25) is 4.79 Å². The molecule has 0 aliphatic heterocycles. The van der Waals surface area contributed by atoms with Crippen LogP contribution in [-0.4, -0.2) is 28.9 Å². The minimum Gasteiger partial charge on any atom is -0.453 e. The molecule has 0 bridgehead atoms. The SMILES string of the molecule is C=CCOC(=O)C(CC1CCc2ccccc2C1=O)=[N+]=[N-]. The van der Waals surface area contributed by atoms with E-state index in [1.165, 1.54) is 6.08 Å². The van der Waals surface area contributed by atoms with E-state index in [4.69, 9.17) is 10.3 Å². The molecule has 0 saturated carbocycles. The van der Waals surface area contributed by atoms with Crippen LogP contribution in [0.5, 0.6) is 0 Å². The normalized spacial score (nSPS) is 16.6. The summed E-state index contributed by atoms with van der Waals surface area (Å²) in [5, 5.41) is 0. The molecule has 1 aromatic rings. The number of ether oxygens (including phenoxy) is 1. The minimum absolute atomic E-state index is 0.0190. The van der Waals surface area contributed by atoms with Crippen LogP contribution in [0.4, 0.5) is 0 Å². The number of carbonyl (C=O) groups excluding carboxylic acids is 2. The Hall–Kier alpha value is -2.52. The zero-order valence-electron chi connectivity index (χ0n) is 11.6. The van der Waals surface area contributed by atoms with Crippen molar-refractivity contribution in [3.63, 3.8) is 0 Å². The van der Waals surface area contributed by atoms with Crippen LogP contribution >= 0.6 is 0 Å². The second-order valence-corrected chi connectivity index (χ2v) is 4.89. The number of ketones is 1. The van der Waals surface area contributed by atoms with Crippen molar-refractivity contribution in [1.29, 1.82) is 0 Å². The maximum absolute atomic E-state index is 12.4. The Bertz CT molecular complexity index is 630. The van der Waals surface area contributed by atoms with Gasteiger partial charge in [-0.25, -0.2) is 4.79 Å². The van der Waals surface area contributed by atoms with Gasteiger partial charge in [0.15, 0.2) is 5.78 Å². The molecule has 0 radical (unpaired) electrons. The van der Waals surface area contributed by atoms with Gasteiger partial charge in [0, 0.05) is 11.5 Å². The molecule has 1 aliphatic rings.